The Kier molecular flexibility index (Phi) is 3.67. The van der Waals surface area contributed by atoms with Crippen LogP contribution in [0.2, 0.25) is 0 Å². The van der Waals surface area contributed by atoms with Gasteiger partial charge in [0.15, 0.2) is 0 Å². The summed E-state index contributed by atoms with van der Waals surface area (Å²) in [5.41, 5.74) is 7.71. The van der Waals surface area contributed by atoms with Gasteiger partial charge in [-0.25, -0.2) is 0 Å². The van der Waals surface area contributed by atoms with Crippen molar-refractivity contribution in [3.63, 3.8) is 0 Å². The molecule has 2 N–H and O–H groups in total. The van der Waals surface area contributed by atoms with Gasteiger partial charge in [0, 0.05) is 25.7 Å². The van der Waals surface area contributed by atoms with Crippen LogP contribution in [0.25, 0.3) is 0 Å². The standard InChI is InChI=1S/C16H24N2/c17-16-9-15(14-7-2-1-3-8-14)11-18(12-16)10-13-5-4-6-13/h1-3,7-8,13,15-16H,4-6,9-12,17H2. The van der Waals surface area contributed by atoms with Crippen molar-refractivity contribution in [2.45, 2.75) is 37.6 Å². The molecule has 3 rings (SSSR count). The Morgan fingerprint density at radius 3 is 2.56 bits per heavy atom. The smallest absolute Gasteiger partial charge is 0.0174 e. The number of hydrogen-bond acceptors (Lipinski definition) is 2. The van der Waals surface area contributed by atoms with Crippen LogP contribution in [0.1, 0.15) is 37.2 Å². The second kappa shape index (κ2) is 5.41. The highest BCUT2D eigenvalue weighted by molar-refractivity contribution is 5.21. The zero-order valence-electron chi connectivity index (χ0n) is 11.1. The predicted octanol–water partition coefficient (Wildman–Crippen LogP) is 2.60. The first-order valence-corrected chi connectivity index (χ1v) is 7.34. The predicted molar refractivity (Wildman–Crippen MR) is 75.6 cm³/mol. The first-order valence-electron chi connectivity index (χ1n) is 7.34. The van der Waals surface area contributed by atoms with Gasteiger partial charge in [-0.05, 0) is 36.7 Å². The zero-order chi connectivity index (χ0) is 12.4. The maximum atomic E-state index is 6.25. The fourth-order valence-corrected chi connectivity index (χ4v) is 3.39. The van der Waals surface area contributed by atoms with Crippen molar-refractivity contribution in [3.8, 4) is 0 Å². The van der Waals surface area contributed by atoms with Crippen LogP contribution in [0.3, 0.4) is 0 Å². The van der Waals surface area contributed by atoms with E-state index in [-0.39, 0.29) is 0 Å². The van der Waals surface area contributed by atoms with Crippen LogP contribution in [-0.4, -0.2) is 30.6 Å². The van der Waals surface area contributed by atoms with Gasteiger partial charge in [0.2, 0.25) is 0 Å². The van der Waals surface area contributed by atoms with Crippen molar-refractivity contribution >= 4 is 0 Å². The van der Waals surface area contributed by atoms with Crippen LogP contribution in [0.5, 0.6) is 0 Å². The van der Waals surface area contributed by atoms with E-state index in [1.165, 1.54) is 37.9 Å². The summed E-state index contributed by atoms with van der Waals surface area (Å²) in [5.74, 6) is 1.58. The maximum absolute atomic E-state index is 6.25. The van der Waals surface area contributed by atoms with Crippen LogP contribution < -0.4 is 5.73 Å². The Morgan fingerprint density at radius 1 is 1.11 bits per heavy atom. The fourth-order valence-electron chi connectivity index (χ4n) is 3.39. The maximum Gasteiger partial charge on any atom is 0.0174 e. The van der Waals surface area contributed by atoms with Crippen molar-refractivity contribution in [3.05, 3.63) is 35.9 Å². The molecular weight excluding hydrogens is 220 g/mol. The third kappa shape index (κ3) is 2.76. The molecule has 2 atom stereocenters. The normalized spacial score (nSPS) is 30.1. The third-order valence-corrected chi connectivity index (χ3v) is 4.57. The number of likely N-dealkylation sites (tertiary alicyclic amines) is 1. The molecule has 2 heteroatoms. The van der Waals surface area contributed by atoms with Crippen LogP contribution in [-0.2, 0) is 0 Å². The molecule has 2 aliphatic rings. The number of benzene rings is 1. The molecule has 2 nitrogen and oxygen atoms in total. The number of nitrogens with two attached hydrogens (primary N) is 1. The van der Waals surface area contributed by atoms with E-state index in [4.69, 9.17) is 5.73 Å². The molecule has 0 radical (unpaired) electrons. The Labute approximate surface area is 110 Å². The molecule has 18 heavy (non-hydrogen) atoms. The lowest BCUT2D eigenvalue weighted by Crippen LogP contribution is -2.48. The van der Waals surface area contributed by atoms with Crippen molar-refractivity contribution in [2.24, 2.45) is 11.7 Å². The zero-order valence-corrected chi connectivity index (χ0v) is 11.1. The summed E-state index contributed by atoms with van der Waals surface area (Å²) in [7, 11) is 0. The van der Waals surface area contributed by atoms with Crippen molar-refractivity contribution < 1.29 is 0 Å². The Morgan fingerprint density at radius 2 is 1.89 bits per heavy atom. The van der Waals surface area contributed by atoms with Gasteiger partial charge in [0.1, 0.15) is 0 Å². The molecular formula is C16H24N2. The van der Waals surface area contributed by atoms with Crippen LogP contribution >= 0.6 is 0 Å². The number of piperidine rings is 1. The second-order valence-electron chi connectivity index (χ2n) is 6.12. The summed E-state index contributed by atoms with van der Waals surface area (Å²) in [6.07, 6.45) is 5.45. The van der Waals surface area contributed by atoms with Crippen molar-refractivity contribution in [1.29, 1.82) is 0 Å². The molecule has 0 aromatic heterocycles. The van der Waals surface area contributed by atoms with Crippen LogP contribution in [0.4, 0.5) is 0 Å². The van der Waals surface area contributed by atoms with E-state index in [9.17, 15) is 0 Å². The minimum atomic E-state index is 0.351. The van der Waals surface area contributed by atoms with Crippen molar-refractivity contribution in [2.75, 3.05) is 19.6 Å². The Hall–Kier alpha value is -0.860. The minimum Gasteiger partial charge on any atom is -0.327 e. The third-order valence-electron chi connectivity index (χ3n) is 4.57. The summed E-state index contributed by atoms with van der Waals surface area (Å²) in [5, 5.41) is 0. The molecule has 1 aromatic rings. The van der Waals surface area contributed by atoms with Crippen molar-refractivity contribution in [1.82, 2.24) is 4.90 Å². The van der Waals surface area contributed by atoms with Gasteiger partial charge in [-0.1, -0.05) is 36.8 Å². The quantitative estimate of drug-likeness (QED) is 0.885. The summed E-state index contributed by atoms with van der Waals surface area (Å²) >= 11 is 0. The molecule has 2 unspecified atom stereocenters. The topological polar surface area (TPSA) is 29.3 Å². The van der Waals surface area contributed by atoms with Gasteiger partial charge in [-0.2, -0.15) is 0 Å². The highest BCUT2D eigenvalue weighted by Crippen LogP contribution is 2.31. The first kappa shape index (κ1) is 12.2. The number of hydrogen-bond donors (Lipinski definition) is 1. The van der Waals surface area contributed by atoms with E-state index in [0.29, 0.717) is 12.0 Å². The number of nitrogens with zero attached hydrogens (tertiary/aromatic N) is 1. The van der Waals surface area contributed by atoms with Gasteiger partial charge < -0.3 is 10.6 Å². The molecule has 1 aliphatic heterocycles. The lowest BCUT2D eigenvalue weighted by molar-refractivity contribution is 0.133. The minimum absolute atomic E-state index is 0.351. The number of rotatable bonds is 3. The lowest BCUT2D eigenvalue weighted by atomic mass is 9.83. The summed E-state index contributed by atoms with van der Waals surface area (Å²) in [6, 6.07) is 11.2. The highest BCUT2D eigenvalue weighted by Gasteiger charge is 2.29. The van der Waals surface area contributed by atoms with E-state index in [2.05, 4.69) is 35.2 Å². The summed E-state index contributed by atoms with van der Waals surface area (Å²) in [4.78, 5) is 2.61. The molecule has 1 aliphatic carbocycles. The van der Waals surface area contributed by atoms with Gasteiger partial charge in [-0.15, -0.1) is 0 Å². The van der Waals surface area contributed by atoms with Gasteiger partial charge >= 0.3 is 0 Å². The SMILES string of the molecule is NC1CC(c2ccccc2)CN(CC2CCC2)C1. The first-order chi connectivity index (χ1) is 8.81. The molecule has 98 valence electrons. The molecule has 2 fully saturated rings. The Bertz CT molecular complexity index is 372. The lowest BCUT2D eigenvalue weighted by Gasteiger charge is -2.40. The van der Waals surface area contributed by atoms with Crippen LogP contribution in [0.15, 0.2) is 30.3 Å². The van der Waals surface area contributed by atoms with Gasteiger partial charge in [-0.3, -0.25) is 0 Å². The molecule has 1 aromatic carbocycles. The molecule has 1 saturated heterocycles. The van der Waals surface area contributed by atoms with E-state index >= 15 is 0 Å². The Balaban J connectivity index is 1.64. The van der Waals surface area contributed by atoms with E-state index in [1.54, 1.807) is 0 Å². The summed E-state index contributed by atoms with van der Waals surface area (Å²) in [6.45, 7) is 3.57. The largest absolute Gasteiger partial charge is 0.327 e. The highest BCUT2D eigenvalue weighted by atomic mass is 15.2. The average molecular weight is 244 g/mol. The van der Waals surface area contributed by atoms with E-state index < -0.39 is 0 Å². The molecule has 0 amide bonds. The molecule has 1 heterocycles. The van der Waals surface area contributed by atoms with Gasteiger partial charge in [0.05, 0.1) is 0 Å². The average Bonchev–Trinajstić information content (AvgIpc) is 2.34. The van der Waals surface area contributed by atoms with E-state index in [0.717, 1.165) is 18.9 Å². The molecule has 0 bridgehead atoms. The van der Waals surface area contributed by atoms with Crippen LogP contribution in [0, 0.1) is 5.92 Å². The fraction of sp³-hybridized carbons (Fsp3) is 0.625. The molecule has 0 spiro atoms. The molecule has 1 saturated carbocycles. The van der Waals surface area contributed by atoms with Gasteiger partial charge in [0.25, 0.3) is 0 Å². The summed E-state index contributed by atoms with van der Waals surface area (Å²) < 4.78 is 0. The van der Waals surface area contributed by atoms with E-state index in [1.807, 2.05) is 0 Å². The second-order valence-corrected chi connectivity index (χ2v) is 6.12. The monoisotopic (exact) mass is 244 g/mol.